The molecule has 13 N–H and O–H groups in total. The molecule has 368 valence electrons. The first-order chi connectivity index (χ1) is 30.6. The van der Waals surface area contributed by atoms with E-state index in [2.05, 4.69) is 0 Å². The number of rotatable bonds is 3. The van der Waals surface area contributed by atoms with Crippen molar-refractivity contribution in [3.8, 4) is 0 Å². The molecule has 0 unspecified atom stereocenters. The van der Waals surface area contributed by atoms with Gasteiger partial charge in [-0.3, -0.25) is 9.59 Å². The number of carboxylic acid groups (broad SMARTS) is 1. The van der Waals surface area contributed by atoms with Gasteiger partial charge in [0.25, 0.3) is 0 Å². The number of hydrogen-bond donors (Lipinski definition) is 12. The highest BCUT2D eigenvalue weighted by Crippen LogP contribution is 2.38. The number of hydrogen-bond acceptors (Lipinski definition) is 17. The Kier molecular flexibility index (Phi) is 23.6. The van der Waals surface area contributed by atoms with E-state index in [0.717, 1.165) is 0 Å². The fraction of sp³-hybridized carbons (Fsp3) is 0.660. The molecule has 3 aliphatic heterocycles. The monoisotopic (exact) mass is 923 g/mol. The molecular weight excluding hydrogens is 851 g/mol. The molecular formula is C47H73NO17. The van der Waals surface area contributed by atoms with E-state index in [4.69, 9.17) is 24.7 Å². The smallest absolute Gasteiger partial charge is 0.311 e. The quantitative estimate of drug-likeness (QED) is 0.174. The predicted molar refractivity (Wildman–Crippen MR) is 237 cm³/mol. The van der Waals surface area contributed by atoms with E-state index in [1.807, 2.05) is 19.1 Å². The highest BCUT2D eigenvalue weighted by atomic mass is 16.7. The van der Waals surface area contributed by atoms with Crippen molar-refractivity contribution in [3.63, 3.8) is 0 Å². The van der Waals surface area contributed by atoms with Crippen LogP contribution < -0.4 is 5.73 Å². The van der Waals surface area contributed by atoms with Gasteiger partial charge < -0.3 is 80.9 Å². The maximum atomic E-state index is 12.6. The summed E-state index contributed by atoms with van der Waals surface area (Å²) >= 11 is 0. The topological polar surface area (TPSA) is 320 Å². The minimum Gasteiger partial charge on any atom is -0.481 e. The molecule has 65 heavy (non-hydrogen) atoms. The average molecular weight is 924 g/mol. The van der Waals surface area contributed by atoms with Crippen LogP contribution in [0.4, 0.5) is 0 Å². The zero-order valence-electron chi connectivity index (χ0n) is 37.6. The Balaban J connectivity index is 1.86. The van der Waals surface area contributed by atoms with Gasteiger partial charge in [-0.05, 0) is 33.1 Å². The summed E-state index contributed by atoms with van der Waals surface area (Å²) in [6.07, 6.45) is 3.46. The number of carbonyl (C=O) groups is 2. The van der Waals surface area contributed by atoms with E-state index >= 15 is 0 Å². The predicted octanol–water partition coefficient (Wildman–Crippen LogP) is 0.712. The second-order valence-corrected chi connectivity index (χ2v) is 17.6. The van der Waals surface area contributed by atoms with Gasteiger partial charge in [0.2, 0.25) is 0 Å². The lowest BCUT2D eigenvalue weighted by Gasteiger charge is -2.45. The summed E-state index contributed by atoms with van der Waals surface area (Å²) in [4.78, 5) is 25.1. The fourth-order valence-electron chi connectivity index (χ4n) is 7.97. The van der Waals surface area contributed by atoms with E-state index < -0.39 is 147 Å². The summed E-state index contributed by atoms with van der Waals surface area (Å²) in [6, 6.07) is -1.15. The highest BCUT2D eigenvalue weighted by molar-refractivity contribution is 5.71. The van der Waals surface area contributed by atoms with Crippen LogP contribution in [0.5, 0.6) is 0 Å². The number of aliphatic carboxylic acids is 1. The summed E-state index contributed by atoms with van der Waals surface area (Å²) < 4.78 is 23.1. The number of esters is 1. The number of fused-ring (bicyclic) bond motifs is 2. The van der Waals surface area contributed by atoms with Crippen LogP contribution in [-0.2, 0) is 28.5 Å². The van der Waals surface area contributed by atoms with Crippen LogP contribution in [0.25, 0.3) is 0 Å². The van der Waals surface area contributed by atoms with Gasteiger partial charge in [-0.2, -0.15) is 0 Å². The lowest BCUT2D eigenvalue weighted by molar-refractivity contribution is -0.308. The fourth-order valence-corrected chi connectivity index (χ4v) is 7.97. The molecule has 0 radical (unpaired) electrons. The van der Waals surface area contributed by atoms with Crippen LogP contribution in [-0.4, -0.2) is 166 Å². The second-order valence-electron chi connectivity index (χ2n) is 17.6. The van der Waals surface area contributed by atoms with Crippen molar-refractivity contribution in [1.82, 2.24) is 0 Å². The summed E-state index contributed by atoms with van der Waals surface area (Å²) in [5.41, 5.74) is 6.02. The van der Waals surface area contributed by atoms with Gasteiger partial charge in [0, 0.05) is 37.5 Å². The molecule has 0 aromatic rings. The first-order valence-corrected chi connectivity index (χ1v) is 22.3. The Labute approximate surface area is 381 Å². The Hall–Kier alpha value is -3.44. The Morgan fingerprint density at radius 3 is 1.82 bits per heavy atom. The van der Waals surface area contributed by atoms with Crippen LogP contribution in [0.15, 0.2) is 85.1 Å². The molecule has 0 aromatic heterocycles. The standard InChI is InChI=1S/C47H73NO17/c1-27-17-15-13-11-9-7-5-6-8-10-12-14-16-18-34(64-46-44(58)41(48)43(57)30(4)63-46)24-38-40(45(59)60)37(54)26-47(61,65-38)25-33(51)22-36(53)35(52)20-19-31(49)21-32(50)23-39(55)62-29(3)28(2)42(27)56/h5-18,27-38,40-44,46,49-54,56-58,61H,19-26,48H2,1-4H3,(H,59,60)/t27-,28-,29-,30+,31+,32+,33-,34-,35+,36+,37-,38-,40-,41-,42+,43-,44-,46-,47+/m0/s1. The van der Waals surface area contributed by atoms with Gasteiger partial charge in [0.05, 0.1) is 79.6 Å². The first kappa shape index (κ1) is 55.9. The average Bonchev–Trinajstić information content (AvgIpc) is 3.21. The molecule has 3 rings (SSSR count). The molecule has 2 fully saturated rings. The summed E-state index contributed by atoms with van der Waals surface area (Å²) in [6.45, 7) is 6.74. The van der Waals surface area contributed by atoms with E-state index in [-0.39, 0.29) is 31.6 Å². The number of allylic oxidation sites excluding steroid dienone is 12. The van der Waals surface area contributed by atoms with E-state index in [1.165, 1.54) is 13.0 Å². The zero-order valence-corrected chi connectivity index (χ0v) is 37.6. The SMILES string of the molecule is C[C@@H]1[C@H](O)[C@@H](C)C=CC=CC=CC=CC=CC=CC=C[C@H](O[C@@H]2O[C@H](C)[C@H](O)[C@H](N)[C@@H]2O)C[C@@H]2O[C@](O)(C[C@@H](O)C[C@@H](O)[C@H](O)CC[C@@H](O)C[C@@H](O)CC(=O)O[C@H]1C)C[C@H](O)[C@@H]2C(=O)O. The number of carboxylic acids is 1. The molecule has 19 atom stereocenters. The van der Waals surface area contributed by atoms with Gasteiger partial charge in [0.15, 0.2) is 12.1 Å². The highest BCUT2D eigenvalue weighted by Gasteiger charge is 2.51. The minimum absolute atomic E-state index is 0.107. The maximum Gasteiger partial charge on any atom is 0.311 e. The Morgan fingerprint density at radius 2 is 1.23 bits per heavy atom. The van der Waals surface area contributed by atoms with Crippen molar-refractivity contribution >= 4 is 11.9 Å². The molecule has 0 amide bonds. The van der Waals surface area contributed by atoms with Gasteiger partial charge in [0.1, 0.15) is 18.1 Å². The summed E-state index contributed by atoms with van der Waals surface area (Å²) in [5.74, 6) is -6.83. The van der Waals surface area contributed by atoms with Gasteiger partial charge in [-0.15, -0.1) is 0 Å². The van der Waals surface area contributed by atoms with Gasteiger partial charge >= 0.3 is 11.9 Å². The lowest BCUT2D eigenvalue weighted by atomic mass is 9.82. The van der Waals surface area contributed by atoms with E-state index in [9.17, 15) is 65.8 Å². The van der Waals surface area contributed by atoms with E-state index in [1.54, 1.807) is 80.7 Å². The van der Waals surface area contributed by atoms with Crippen LogP contribution in [0.3, 0.4) is 0 Å². The first-order valence-electron chi connectivity index (χ1n) is 22.3. The molecule has 2 saturated heterocycles. The van der Waals surface area contributed by atoms with Gasteiger partial charge in [-0.1, -0.05) is 98.9 Å². The maximum absolute atomic E-state index is 12.6. The second kappa shape index (κ2) is 27.4. The molecule has 3 aliphatic rings. The zero-order chi connectivity index (χ0) is 48.4. The lowest BCUT2D eigenvalue weighted by Crippen LogP contribution is -2.61. The Bertz CT molecular complexity index is 1670. The molecule has 18 heteroatoms. The van der Waals surface area contributed by atoms with Crippen molar-refractivity contribution in [2.75, 3.05) is 0 Å². The van der Waals surface area contributed by atoms with Gasteiger partial charge in [-0.25, -0.2) is 0 Å². The van der Waals surface area contributed by atoms with Crippen LogP contribution in [0, 0.1) is 17.8 Å². The molecule has 0 spiro atoms. The van der Waals surface area contributed by atoms with Crippen molar-refractivity contribution in [3.05, 3.63) is 85.1 Å². The normalized spacial score (nSPS) is 42.0. The van der Waals surface area contributed by atoms with Crippen LogP contribution in [0.1, 0.15) is 79.1 Å². The largest absolute Gasteiger partial charge is 0.481 e. The number of carbonyl (C=O) groups excluding carboxylic acids is 1. The minimum atomic E-state index is -2.33. The number of aliphatic hydroxyl groups is 10. The third kappa shape index (κ3) is 18.6. The Morgan fingerprint density at radius 1 is 0.662 bits per heavy atom. The van der Waals surface area contributed by atoms with Crippen molar-refractivity contribution in [2.24, 2.45) is 23.5 Å². The molecule has 0 aromatic carbocycles. The number of aliphatic hydroxyl groups excluding tert-OH is 9. The van der Waals surface area contributed by atoms with Crippen molar-refractivity contribution in [1.29, 1.82) is 0 Å². The number of cyclic esters (lactones) is 1. The van der Waals surface area contributed by atoms with Crippen molar-refractivity contribution in [2.45, 2.75) is 177 Å². The van der Waals surface area contributed by atoms with Crippen molar-refractivity contribution < 1.29 is 84.7 Å². The third-order valence-corrected chi connectivity index (χ3v) is 12.0. The molecule has 2 bridgehead atoms. The molecule has 0 aliphatic carbocycles. The number of nitrogens with two attached hydrogens (primary N) is 1. The molecule has 0 saturated carbocycles. The third-order valence-electron chi connectivity index (χ3n) is 12.0. The molecule has 3 heterocycles. The van der Waals surface area contributed by atoms with E-state index in [0.29, 0.717) is 0 Å². The molecule has 18 nitrogen and oxygen atoms in total. The summed E-state index contributed by atoms with van der Waals surface area (Å²) in [7, 11) is 0. The number of ether oxygens (including phenoxy) is 4. The summed E-state index contributed by atoms with van der Waals surface area (Å²) in [5, 5.41) is 118. The van der Waals surface area contributed by atoms with Crippen LogP contribution in [0.2, 0.25) is 0 Å². The van der Waals surface area contributed by atoms with Crippen LogP contribution >= 0.6 is 0 Å².